The van der Waals surface area contributed by atoms with Crippen molar-refractivity contribution in [2.24, 2.45) is 5.73 Å². The summed E-state index contributed by atoms with van der Waals surface area (Å²) < 4.78 is 99.2. The van der Waals surface area contributed by atoms with E-state index in [1.165, 1.54) is 13.1 Å². The van der Waals surface area contributed by atoms with Gasteiger partial charge in [-0.3, -0.25) is 24.2 Å². The Morgan fingerprint density at radius 1 is 1.21 bits per heavy atom. The van der Waals surface area contributed by atoms with Gasteiger partial charge in [-0.15, -0.1) is 0 Å². The summed E-state index contributed by atoms with van der Waals surface area (Å²) in [4.78, 5) is 19.7. The molecule has 0 atom stereocenters. The highest BCUT2D eigenvalue weighted by molar-refractivity contribution is 7.85. The number of carbonyl (C=O) groups excluding carboxylic acids is 1. The highest BCUT2D eigenvalue weighted by Gasteiger charge is 2.34. The third kappa shape index (κ3) is 11.6. The third-order valence-electron chi connectivity index (χ3n) is 4.12. The minimum absolute atomic E-state index is 0.0424. The highest BCUT2D eigenvalue weighted by atomic mass is 32.2. The van der Waals surface area contributed by atoms with Crippen LogP contribution in [0.25, 0.3) is 10.9 Å². The Morgan fingerprint density at radius 3 is 2.21 bits per heavy atom. The van der Waals surface area contributed by atoms with Gasteiger partial charge in [-0.05, 0) is 18.2 Å². The first kappa shape index (κ1) is 32.3. The molecule has 0 bridgehead atoms. The fraction of sp³-hybridized carbons (Fsp3) is 0.316. The number of fused-ring (bicyclic) bond motifs is 1. The van der Waals surface area contributed by atoms with Gasteiger partial charge >= 0.3 is 6.18 Å². The third-order valence-corrected chi connectivity index (χ3v) is 4.12. The van der Waals surface area contributed by atoms with Crippen molar-refractivity contribution < 1.29 is 48.6 Å². The molecular formula is C19H25F3N6O8S2. The maximum Gasteiger partial charge on any atom is 0.417 e. The van der Waals surface area contributed by atoms with Crippen LogP contribution >= 0.6 is 0 Å². The van der Waals surface area contributed by atoms with Crippen molar-refractivity contribution >= 4 is 43.0 Å². The van der Waals surface area contributed by atoms with Crippen molar-refractivity contribution in [2.45, 2.75) is 12.7 Å². The van der Waals surface area contributed by atoms with Crippen LogP contribution in [0, 0.1) is 5.41 Å². The second kappa shape index (κ2) is 12.7. The highest BCUT2D eigenvalue weighted by Crippen LogP contribution is 2.38. The molecule has 1 aromatic carbocycles. The zero-order valence-corrected chi connectivity index (χ0v) is 21.7. The van der Waals surface area contributed by atoms with Crippen LogP contribution in [0.15, 0.2) is 36.9 Å². The second-order valence-electron chi connectivity index (χ2n) is 7.45. The molecule has 0 spiro atoms. The lowest BCUT2D eigenvalue weighted by molar-refractivity contribution is -0.136. The van der Waals surface area contributed by atoms with E-state index in [2.05, 4.69) is 9.97 Å². The first-order valence-corrected chi connectivity index (χ1v) is 13.7. The summed E-state index contributed by atoms with van der Waals surface area (Å²) in [6.45, 7) is 0.633. The zero-order chi connectivity index (χ0) is 29.5. The van der Waals surface area contributed by atoms with E-state index in [-0.39, 0.29) is 29.0 Å². The van der Waals surface area contributed by atoms with E-state index < -0.39 is 43.8 Å². The number of alkyl halides is 3. The van der Waals surface area contributed by atoms with E-state index in [0.29, 0.717) is 19.1 Å². The van der Waals surface area contributed by atoms with Crippen LogP contribution in [-0.2, 0) is 33.0 Å². The molecule has 38 heavy (non-hydrogen) atoms. The molecule has 0 radical (unpaired) electrons. The number of amides is 1. The van der Waals surface area contributed by atoms with Gasteiger partial charge in [0.15, 0.2) is 5.96 Å². The van der Waals surface area contributed by atoms with Crippen LogP contribution in [0.3, 0.4) is 0 Å². The molecule has 19 heteroatoms. The predicted molar refractivity (Wildman–Crippen MR) is 130 cm³/mol. The second-order valence-corrected chi connectivity index (χ2v) is 10.4. The van der Waals surface area contributed by atoms with Gasteiger partial charge in [0.2, 0.25) is 0 Å². The molecule has 0 aliphatic carbocycles. The topological polar surface area (TPSA) is 222 Å². The zero-order valence-electron chi connectivity index (χ0n) is 20.1. The Bertz CT molecular complexity index is 1420. The number of rotatable bonds is 5. The van der Waals surface area contributed by atoms with E-state index in [1.54, 1.807) is 23.3 Å². The molecule has 14 nitrogen and oxygen atoms in total. The molecule has 0 saturated heterocycles. The number of aromatic nitrogens is 3. The summed E-state index contributed by atoms with van der Waals surface area (Å²) in [5.41, 5.74) is 4.28. The van der Waals surface area contributed by atoms with Crippen LogP contribution in [0.2, 0.25) is 0 Å². The van der Waals surface area contributed by atoms with Crippen LogP contribution in [0.5, 0.6) is 5.75 Å². The largest absolute Gasteiger partial charge is 0.490 e. The molecule has 2 heterocycles. The molecule has 0 unspecified atom stereocenters. The maximum atomic E-state index is 13.4. The fourth-order valence-corrected chi connectivity index (χ4v) is 2.65. The number of aromatic amines is 1. The maximum absolute atomic E-state index is 13.4. The molecule has 0 fully saturated rings. The fourth-order valence-electron chi connectivity index (χ4n) is 2.65. The Kier molecular flexibility index (Phi) is 10.8. The van der Waals surface area contributed by atoms with Crippen LogP contribution in [0.1, 0.15) is 16.1 Å². The molecule has 3 aromatic rings. The smallest absolute Gasteiger partial charge is 0.417 e. The summed E-state index contributed by atoms with van der Waals surface area (Å²) in [7, 11) is -6.08. The number of ether oxygens (including phenoxy) is 1. The van der Waals surface area contributed by atoms with Crippen LogP contribution < -0.4 is 10.5 Å². The van der Waals surface area contributed by atoms with E-state index in [1.807, 2.05) is 0 Å². The molecule has 0 saturated carbocycles. The van der Waals surface area contributed by atoms with Crippen molar-refractivity contribution in [3.63, 3.8) is 0 Å². The standard InChI is InChI=1S/C17H17F3N6O2.2CH4O3S/c1-25(16(21)22)15(27)12-8-10-11(17(18,19)20)2-3-13(14(10)24-12)28-7-6-26-5-4-23-9-26;2*1-5(2,3)4/h2-5,8-9,24H,6-7H2,1H3,(H3,21,22);2*1H3,(H,2,3,4). The van der Waals surface area contributed by atoms with Gasteiger partial charge < -0.3 is 20.0 Å². The van der Waals surface area contributed by atoms with E-state index in [0.717, 1.165) is 17.0 Å². The number of benzene rings is 1. The van der Waals surface area contributed by atoms with Gasteiger partial charge in [0.05, 0.1) is 36.5 Å². The average molecular weight is 587 g/mol. The van der Waals surface area contributed by atoms with Gasteiger partial charge in [-0.1, -0.05) is 0 Å². The number of hydrogen-bond donors (Lipinski definition) is 5. The number of nitrogens with one attached hydrogen (secondary N) is 2. The van der Waals surface area contributed by atoms with Crippen molar-refractivity contribution in [3.05, 3.63) is 48.2 Å². The number of nitrogens with zero attached hydrogens (tertiary/aromatic N) is 3. The number of imidazole rings is 1. The molecular weight excluding hydrogens is 561 g/mol. The first-order valence-electron chi connectivity index (χ1n) is 9.97. The predicted octanol–water partition coefficient (Wildman–Crippen LogP) is 1.44. The first-order chi connectivity index (χ1) is 17.2. The normalized spacial score (nSPS) is 11.6. The van der Waals surface area contributed by atoms with Crippen LogP contribution in [-0.4, -0.2) is 83.4 Å². The number of H-pyrrole nitrogens is 1. The Hall–Kier alpha value is -3.68. The molecule has 3 rings (SSSR count). The Labute approximate surface area is 215 Å². The average Bonchev–Trinajstić information content (AvgIpc) is 3.39. The Morgan fingerprint density at radius 2 is 1.76 bits per heavy atom. The molecule has 2 aromatic heterocycles. The van der Waals surface area contributed by atoms with E-state index in [4.69, 9.17) is 25.0 Å². The molecule has 0 aliphatic heterocycles. The number of halogens is 3. The monoisotopic (exact) mass is 586 g/mol. The number of hydrogen-bond acceptors (Lipinski definition) is 8. The Balaban J connectivity index is 0.000000616. The summed E-state index contributed by atoms with van der Waals surface area (Å²) in [6, 6.07) is 3.20. The van der Waals surface area contributed by atoms with Gasteiger partial charge in [0, 0.05) is 24.8 Å². The minimum Gasteiger partial charge on any atom is -0.490 e. The van der Waals surface area contributed by atoms with Crippen LogP contribution in [0.4, 0.5) is 13.2 Å². The molecule has 0 aliphatic rings. The lowest BCUT2D eigenvalue weighted by Crippen LogP contribution is -2.38. The quantitative estimate of drug-likeness (QED) is 0.164. The summed E-state index contributed by atoms with van der Waals surface area (Å²) in [5.74, 6) is -1.09. The number of carbonyl (C=O) groups is 1. The van der Waals surface area contributed by atoms with Gasteiger partial charge in [0.25, 0.3) is 26.1 Å². The van der Waals surface area contributed by atoms with Crippen molar-refractivity contribution in [1.82, 2.24) is 19.4 Å². The lowest BCUT2D eigenvalue weighted by Gasteiger charge is -2.13. The SMILES string of the molecule is CN(C(=N)N)C(=O)c1cc2c(C(F)(F)F)ccc(OCCn3ccnc3)c2[nH]1.CS(=O)(=O)O.CS(=O)(=O)O. The summed E-state index contributed by atoms with van der Waals surface area (Å²) >= 11 is 0. The van der Waals surface area contributed by atoms with Gasteiger partial charge in [-0.25, -0.2) is 4.98 Å². The summed E-state index contributed by atoms with van der Waals surface area (Å²) in [6.07, 6.45) is 1.75. The number of nitrogens with two attached hydrogens (primary N) is 1. The van der Waals surface area contributed by atoms with E-state index in [9.17, 15) is 34.8 Å². The number of guanidine groups is 1. The van der Waals surface area contributed by atoms with E-state index >= 15 is 0 Å². The van der Waals surface area contributed by atoms with Crippen molar-refractivity contribution in [3.8, 4) is 5.75 Å². The lowest BCUT2D eigenvalue weighted by atomic mass is 10.1. The summed E-state index contributed by atoms with van der Waals surface area (Å²) in [5, 5.41) is 7.11. The molecule has 6 N–H and O–H groups in total. The van der Waals surface area contributed by atoms with Crippen molar-refractivity contribution in [1.29, 1.82) is 5.41 Å². The molecule has 1 amide bonds. The van der Waals surface area contributed by atoms with Gasteiger partial charge in [0.1, 0.15) is 18.1 Å². The van der Waals surface area contributed by atoms with Gasteiger partial charge in [-0.2, -0.15) is 30.0 Å². The molecule has 212 valence electrons. The minimum atomic E-state index is -4.61. The van der Waals surface area contributed by atoms with Crippen molar-refractivity contribution in [2.75, 3.05) is 26.2 Å².